The Bertz CT molecular complexity index is 2480. The lowest BCUT2D eigenvalue weighted by molar-refractivity contribution is -0.141. The molecule has 2 bridgehead atoms. The van der Waals surface area contributed by atoms with Gasteiger partial charge in [-0.05, 0) is 70.0 Å². The molecule has 31 nitrogen and oxygen atoms in total. The molecule has 0 aliphatic carbocycles. The summed E-state index contributed by atoms with van der Waals surface area (Å²) in [6.07, 6.45) is 0.389. The van der Waals surface area contributed by atoms with Crippen LogP contribution in [0.1, 0.15) is 76.7 Å². The van der Waals surface area contributed by atoms with Crippen molar-refractivity contribution in [1.29, 1.82) is 0 Å². The molecule has 0 aromatic heterocycles. The molecule has 7 atom stereocenters. The number of ether oxygens (including phenoxy) is 1. The van der Waals surface area contributed by atoms with Crippen LogP contribution in [0.25, 0.3) is 0 Å². The molecule has 2 saturated heterocycles. The van der Waals surface area contributed by atoms with Gasteiger partial charge in [-0.15, -0.1) is 11.8 Å². The third-order valence-corrected chi connectivity index (χ3v) is 16.9. The van der Waals surface area contributed by atoms with Crippen LogP contribution in [0, 0.1) is 5.92 Å². The number of unbranched alkanes of at least 4 members (excludes halogenated alkanes) is 1. The minimum Gasteiger partial charge on any atom is -0.481 e. The zero-order valence-corrected chi connectivity index (χ0v) is 52.8. The summed E-state index contributed by atoms with van der Waals surface area (Å²) in [7, 11) is 1.87. The number of benzene rings is 1. The lowest BCUT2D eigenvalue weighted by Crippen LogP contribution is -2.60. The quantitative estimate of drug-likeness (QED) is 0.0139. The summed E-state index contributed by atoms with van der Waals surface area (Å²) in [6.45, 7) is 4.98. The zero-order valence-electron chi connectivity index (χ0n) is 50.3. The highest BCUT2D eigenvalue weighted by molar-refractivity contribution is 8.76. The summed E-state index contributed by atoms with van der Waals surface area (Å²) in [5.74, 6) is -11.1. The van der Waals surface area contributed by atoms with E-state index in [1.807, 2.05) is 0 Å². The maximum atomic E-state index is 14.5. The molecule has 0 unspecified atom stereocenters. The van der Waals surface area contributed by atoms with Crippen LogP contribution in [0.5, 0.6) is 0 Å². The van der Waals surface area contributed by atoms with Gasteiger partial charge in [0.25, 0.3) is 0 Å². The van der Waals surface area contributed by atoms with Crippen molar-refractivity contribution < 1.29 is 67.4 Å². The number of guanidine groups is 1. The Morgan fingerprint density at radius 2 is 1.27 bits per heavy atom. The van der Waals surface area contributed by atoms with Gasteiger partial charge in [-0.2, -0.15) is 0 Å². The van der Waals surface area contributed by atoms with Gasteiger partial charge in [-0.25, -0.2) is 0 Å². The van der Waals surface area contributed by atoms with E-state index in [0.717, 1.165) is 33.3 Å². The van der Waals surface area contributed by atoms with Crippen molar-refractivity contribution in [1.82, 2.24) is 63.8 Å². The summed E-state index contributed by atoms with van der Waals surface area (Å²) in [5.41, 5.74) is 22.8. The number of carboxylic acids is 1. The summed E-state index contributed by atoms with van der Waals surface area (Å²) in [6, 6.07) is -1.79. The van der Waals surface area contributed by atoms with Crippen LogP contribution >= 0.6 is 33.3 Å². The van der Waals surface area contributed by atoms with Gasteiger partial charge in [0.15, 0.2) is 5.96 Å². The number of rotatable bonds is 32. The van der Waals surface area contributed by atoms with Crippen LogP contribution in [0.4, 0.5) is 0 Å². The number of carboxylic acid groups (broad SMARTS) is 1. The zero-order chi connectivity index (χ0) is 65.3. The highest BCUT2D eigenvalue weighted by atomic mass is 33.1. The molecule has 89 heavy (non-hydrogen) atoms. The average Bonchev–Trinajstić information content (AvgIpc) is 3.69. The van der Waals surface area contributed by atoms with E-state index in [9.17, 15) is 62.6 Å². The van der Waals surface area contributed by atoms with Gasteiger partial charge < -0.3 is 96.6 Å². The summed E-state index contributed by atoms with van der Waals surface area (Å²) in [5, 5.41) is 42.4. The Morgan fingerprint density at radius 1 is 0.663 bits per heavy atom. The Balaban J connectivity index is 2.02. The maximum absolute atomic E-state index is 14.5. The molecule has 2 aliphatic rings. The first-order chi connectivity index (χ1) is 42.7. The van der Waals surface area contributed by atoms with E-state index in [0.29, 0.717) is 70.7 Å². The van der Waals surface area contributed by atoms with Crippen LogP contribution in [0.15, 0.2) is 35.3 Å². The van der Waals surface area contributed by atoms with Crippen molar-refractivity contribution in [2.75, 3.05) is 102 Å². The number of nitrogens with two attached hydrogens (primary N) is 4. The number of hydrogen-bond donors (Lipinski definition) is 17. The Hall–Kier alpha value is -6.82. The predicted octanol–water partition coefficient (Wildman–Crippen LogP) is -5.31. The van der Waals surface area contributed by atoms with Gasteiger partial charge in [0.1, 0.15) is 48.1 Å². The first-order valence-corrected chi connectivity index (χ1v) is 33.3. The summed E-state index contributed by atoms with van der Waals surface area (Å²) >= 11 is 0.934. The molecule has 3 rings (SSSR count). The normalized spacial score (nSPS) is 21.4. The molecule has 1 aromatic carbocycles. The molecule has 2 aliphatic heterocycles. The van der Waals surface area contributed by atoms with Crippen LogP contribution in [0.3, 0.4) is 0 Å². The highest BCUT2D eigenvalue weighted by Gasteiger charge is 2.35. The number of fused-ring (bicyclic) bond motifs is 5. The highest BCUT2D eigenvalue weighted by Crippen LogP contribution is 2.24. The molecule has 0 radical (unpaired) electrons. The van der Waals surface area contributed by atoms with E-state index in [1.165, 1.54) is 0 Å². The fraction of sp³-hybridized carbons (Fsp3) is 0.655. The number of carbonyl (C=O) groups is 12. The number of aliphatic carboxylic acids is 1. The molecular formula is C55H91N17O14S3. The van der Waals surface area contributed by atoms with Crippen LogP contribution in [0.2, 0.25) is 0 Å². The van der Waals surface area contributed by atoms with Crippen LogP contribution in [-0.4, -0.2) is 226 Å². The standard InChI is InChI=1S/C55H91N17O14S3/c1-2-86-23-22-63-49(80)41-30-87-33-46(76)66-38(13-6-7-18-62-44(74)15-8-12-36(73)24-35(27-60-20-16-56)28-61-21-17-57)50(81)71-42-31-88-89-32-43(54(85)69-39(51(82)70-41)25-34-10-4-3-5-11-34)72-52(83)40(26-47(77)78)67-45(75)29-65-48(79)37(68-53(42)84)14-9-19-64-55(58)59/h3-5,10-11,35,37-43,60-61H,2,6-9,12-33,56-57H2,1H3,(H,62,74)(H,63,80)(H,65,79)(H,66,76)(H,67,75)(H,68,84)(H,69,85)(H,70,82)(H,71,81)(H,72,83)(H,77,78)(H4,58,59,64)/t37-,38-,39-,40-,41-,42-,43-/m0/s1. The summed E-state index contributed by atoms with van der Waals surface area (Å²) < 4.78 is 5.37. The third-order valence-electron chi connectivity index (χ3n) is 13.4. The van der Waals surface area contributed by atoms with Crippen molar-refractivity contribution in [3.8, 4) is 0 Å². The fourth-order valence-corrected chi connectivity index (χ4v) is 12.1. The van der Waals surface area contributed by atoms with Crippen molar-refractivity contribution in [3.05, 3.63) is 35.9 Å². The van der Waals surface area contributed by atoms with E-state index in [4.69, 9.17) is 27.7 Å². The third kappa shape index (κ3) is 33.0. The monoisotopic (exact) mass is 1310 g/mol. The molecule has 10 amide bonds. The number of amides is 10. The van der Waals surface area contributed by atoms with Crippen LogP contribution < -0.4 is 86.7 Å². The smallest absolute Gasteiger partial charge is 0.305 e. The van der Waals surface area contributed by atoms with Gasteiger partial charge in [0.2, 0.25) is 59.1 Å². The van der Waals surface area contributed by atoms with Crippen molar-refractivity contribution in [3.63, 3.8) is 0 Å². The number of thioether (sulfide) groups is 1. The van der Waals surface area contributed by atoms with Gasteiger partial charge in [0.05, 0.1) is 25.3 Å². The van der Waals surface area contributed by atoms with Gasteiger partial charge >= 0.3 is 5.97 Å². The second-order valence-corrected chi connectivity index (χ2v) is 24.4. The second kappa shape index (κ2) is 44.6. The number of hydrogen-bond acceptors (Lipinski definition) is 21. The number of ketones is 1. The molecule has 34 heteroatoms. The molecule has 21 N–H and O–H groups in total. The van der Waals surface area contributed by atoms with E-state index in [1.54, 1.807) is 37.3 Å². The lowest BCUT2D eigenvalue weighted by Gasteiger charge is -2.27. The number of aliphatic imine (C=N–C) groups is 1. The minimum atomic E-state index is -1.80. The number of nitrogens with zero attached hydrogens (tertiary/aromatic N) is 1. The van der Waals surface area contributed by atoms with E-state index in [2.05, 4.69) is 68.8 Å². The molecule has 2 heterocycles. The molecular weight excluding hydrogens is 1220 g/mol. The van der Waals surface area contributed by atoms with Crippen molar-refractivity contribution >= 4 is 110 Å². The first-order valence-electron chi connectivity index (χ1n) is 29.7. The van der Waals surface area contributed by atoms with E-state index in [-0.39, 0.29) is 118 Å². The first kappa shape index (κ1) is 76.4. The van der Waals surface area contributed by atoms with Gasteiger partial charge in [0, 0.05) is 95.4 Å². The Labute approximate surface area is 530 Å². The molecule has 0 spiro atoms. The van der Waals surface area contributed by atoms with Crippen LogP contribution in [-0.2, 0) is 68.7 Å². The van der Waals surface area contributed by atoms with Crippen molar-refractivity contribution in [2.45, 2.75) is 120 Å². The Morgan fingerprint density at radius 3 is 1.90 bits per heavy atom. The molecule has 498 valence electrons. The number of carbonyl (C=O) groups excluding carboxylic acids is 11. The van der Waals surface area contributed by atoms with E-state index >= 15 is 0 Å². The average molecular weight is 1310 g/mol. The largest absolute Gasteiger partial charge is 0.481 e. The predicted molar refractivity (Wildman–Crippen MR) is 338 cm³/mol. The topological polar surface area (TPSA) is 495 Å². The Kier molecular flexibility index (Phi) is 38.3. The molecule has 2 fully saturated rings. The van der Waals surface area contributed by atoms with Crippen molar-refractivity contribution in [2.24, 2.45) is 33.8 Å². The van der Waals surface area contributed by atoms with Gasteiger partial charge in [-0.3, -0.25) is 62.5 Å². The maximum Gasteiger partial charge on any atom is 0.305 e. The lowest BCUT2D eigenvalue weighted by atomic mass is 9.99. The second-order valence-electron chi connectivity index (χ2n) is 20.9. The number of Topliss-reactive ketones (excluding diaryl/α,β-unsaturated/α-hetero) is 1. The molecule has 0 saturated carbocycles. The van der Waals surface area contributed by atoms with Gasteiger partial charge in [-0.1, -0.05) is 51.9 Å². The summed E-state index contributed by atoms with van der Waals surface area (Å²) in [4.78, 5) is 169. The van der Waals surface area contributed by atoms with E-state index < -0.39 is 114 Å². The minimum absolute atomic E-state index is 0.0139. The number of nitrogens with one attached hydrogen (secondary N) is 12. The molecule has 1 aromatic rings. The fourth-order valence-electron chi connectivity index (χ4n) is 8.87. The SMILES string of the molecule is CCOCCNC(=O)[C@@H]1CSCC(=O)N[C@@H](CCCCNC(=O)CCCC(=O)CC(CNCCN)CNCCN)C(=O)N[C@H]2CSSC[C@H](NC(=O)[C@H](CC(=O)O)NC(=O)CNC(=O)[C@H](CCCN=C(N)N)NC2=O)C(=O)N[C@@H](Cc2ccccc2)C(=O)N1.